The number of hydrogen-bond acceptors (Lipinski definition) is 12. The Balaban J connectivity index is 0.772. The van der Waals surface area contributed by atoms with E-state index in [0.717, 1.165) is 136 Å². The van der Waals surface area contributed by atoms with Crippen LogP contribution in [-0.4, -0.2) is 106 Å². The van der Waals surface area contributed by atoms with Gasteiger partial charge in [0, 0.05) is 100 Å². The highest BCUT2D eigenvalue weighted by Crippen LogP contribution is 2.49. The largest absolute Gasteiger partial charge is 0.471 e. The standard InChI is InChI=1S/C56H72N6O8/c63-49(35-57-47-31-55(19-9-20-55)69-53-43(47)27-39(33-59-53)25-41-15-7-23-67-41)45(29-37-11-3-1-4-12-37)61-51(65)17-18-52(66)62-46(30-38-13-5-2-6-14-38)50(64)36-58-48-32-56(21-10-22-56)70-54-44(48)28-40(34-60-54)26-42-16-8-24-68-42/h1-6,11-14,27-28,33-34,41-42,45-50,57-58,63-64H,7-10,15-26,29-32,35-36H2,(H,61,65)(H,62,66)/t41-,42+,45-,46-,47-,48-,49-,50-/m0/s1. The van der Waals surface area contributed by atoms with Crippen LogP contribution in [0.15, 0.2) is 85.2 Å². The lowest BCUT2D eigenvalue weighted by Gasteiger charge is -2.47. The Kier molecular flexibility index (Phi) is 15.4. The summed E-state index contributed by atoms with van der Waals surface area (Å²) in [5.74, 6) is 0.640. The molecule has 2 aliphatic carbocycles. The van der Waals surface area contributed by atoms with E-state index in [1.54, 1.807) is 0 Å². The van der Waals surface area contributed by atoms with Crippen molar-refractivity contribution in [2.24, 2.45) is 0 Å². The van der Waals surface area contributed by atoms with E-state index >= 15 is 0 Å². The molecule has 6 heterocycles. The Morgan fingerprint density at radius 1 is 0.600 bits per heavy atom. The number of nitrogens with zero attached hydrogens (tertiary/aromatic N) is 2. The van der Waals surface area contributed by atoms with E-state index < -0.39 is 24.3 Å². The highest BCUT2D eigenvalue weighted by molar-refractivity contribution is 5.84. The van der Waals surface area contributed by atoms with Gasteiger partial charge in [-0.25, -0.2) is 9.97 Å². The van der Waals surface area contributed by atoms with E-state index in [1.165, 1.54) is 0 Å². The maximum Gasteiger partial charge on any atom is 0.220 e. The molecule has 6 aliphatic rings. The van der Waals surface area contributed by atoms with Gasteiger partial charge in [0.15, 0.2) is 0 Å². The Hall–Kier alpha value is -4.96. The summed E-state index contributed by atoms with van der Waals surface area (Å²) in [5.41, 5.74) is 5.66. The third-order valence-electron chi connectivity index (χ3n) is 15.8. The summed E-state index contributed by atoms with van der Waals surface area (Å²) in [6, 6.07) is 22.6. The molecule has 374 valence electrons. The summed E-state index contributed by atoms with van der Waals surface area (Å²) in [5, 5.41) is 37.3. The Bertz CT molecular complexity index is 2210. The van der Waals surface area contributed by atoms with Crippen LogP contribution in [0.1, 0.15) is 135 Å². The van der Waals surface area contributed by atoms with Gasteiger partial charge < -0.3 is 50.4 Å². The van der Waals surface area contributed by atoms with Crippen LogP contribution in [0, 0.1) is 0 Å². The zero-order valence-corrected chi connectivity index (χ0v) is 40.5. The van der Waals surface area contributed by atoms with Crippen LogP contribution in [0.2, 0.25) is 0 Å². The van der Waals surface area contributed by atoms with Gasteiger partial charge in [0.1, 0.15) is 11.2 Å². The zero-order valence-electron chi connectivity index (χ0n) is 40.5. The molecule has 4 fully saturated rings. The maximum absolute atomic E-state index is 13.8. The molecule has 0 radical (unpaired) electrons. The molecule has 2 aromatic carbocycles. The predicted molar refractivity (Wildman–Crippen MR) is 264 cm³/mol. The lowest BCUT2D eigenvalue weighted by atomic mass is 9.73. The van der Waals surface area contributed by atoms with Crippen LogP contribution in [0.25, 0.3) is 0 Å². The van der Waals surface area contributed by atoms with Gasteiger partial charge >= 0.3 is 0 Å². The van der Waals surface area contributed by atoms with Gasteiger partial charge in [-0.1, -0.05) is 60.7 Å². The summed E-state index contributed by atoms with van der Waals surface area (Å²) in [7, 11) is 0. The molecule has 4 aliphatic heterocycles. The number of fused-ring (bicyclic) bond motifs is 2. The molecule has 10 rings (SSSR count). The van der Waals surface area contributed by atoms with Crippen LogP contribution in [0.3, 0.4) is 0 Å². The van der Waals surface area contributed by atoms with Gasteiger partial charge in [-0.2, -0.15) is 0 Å². The SMILES string of the molecule is O=C(CCC(=O)N[C@@H](Cc1ccccc1)[C@@H](O)CN[C@H]1CC2(CCC2)Oc2ncc(C[C@@H]3CCCO3)cc21)N[C@@H](Cc1ccccc1)[C@@H](O)CN[C@H]1CC2(CCC2)Oc2ncc(C[C@H]3CCCO3)cc21. The van der Waals surface area contributed by atoms with Crippen LogP contribution in [0.4, 0.5) is 0 Å². The van der Waals surface area contributed by atoms with Crippen molar-refractivity contribution < 1.29 is 38.7 Å². The molecule has 2 aromatic heterocycles. The lowest BCUT2D eigenvalue weighted by Crippen LogP contribution is -2.53. The van der Waals surface area contributed by atoms with Crippen molar-refractivity contribution in [1.29, 1.82) is 0 Å². The highest BCUT2D eigenvalue weighted by Gasteiger charge is 2.48. The smallest absolute Gasteiger partial charge is 0.220 e. The molecule has 2 saturated carbocycles. The summed E-state index contributed by atoms with van der Waals surface area (Å²) in [4.78, 5) is 37.2. The number of nitrogens with one attached hydrogen (secondary N) is 4. The minimum Gasteiger partial charge on any atom is -0.471 e. The molecule has 2 spiro atoms. The van der Waals surface area contributed by atoms with E-state index in [9.17, 15) is 19.8 Å². The normalized spacial score (nSPS) is 24.4. The van der Waals surface area contributed by atoms with E-state index in [4.69, 9.17) is 28.9 Å². The third-order valence-corrected chi connectivity index (χ3v) is 15.8. The summed E-state index contributed by atoms with van der Waals surface area (Å²) in [6.07, 6.45) is 16.5. The van der Waals surface area contributed by atoms with Gasteiger partial charge in [-0.05, 0) is 111 Å². The number of ether oxygens (including phenoxy) is 4. The second kappa shape index (κ2) is 22.2. The van der Waals surface area contributed by atoms with Crippen molar-refractivity contribution in [3.8, 4) is 11.8 Å². The van der Waals surface area contributed by atoms with Gasteiger partial charge in [-0.3, -0.25) is 9.59 Å². The molecule has 14 nitrogen and oxygen atoms in total. The predicted octanol–water partition coefficient (Wildman–Crippen LogP) is 6.25. The van der Waals surface area contributed by atoms with Gasteiger partial charge in [0.25, 0.3) is 0 Å². The molecule has 2 saturated heterocycles. The first kappa shape index (κ1) is 48.7. The van der Waals surface area contributed by atoms with Gasteiger partial charge in [-0.15, -0.1) is 0 Å². The second-order valence-corrected chi connectivity index (χ2v) is 21.1. The Morgan fingerprint density at radius 2 is 1.03 bits per heavy atom. The average molecular weight is 957 g/mol. The van der Waals surface area contributed by atoms with Gasteiger partial charge in [0.05, 0.1) is 36.5 Å². The molecular weight excluding hydrogens is 885 g/mol. The van der Waals surface area contributed by atoms with Gasteiger partial charge in [0.2, 0.25) is 23.6 Å². The van der Waals surface area contributed by atoms with E-state index in [1.807, 2.05) is 73.1 Å². The third kappa shape index (κ3) is 12.0. The molecule has 6 N–H and O–H groups in total. The fourth-order valence-electron chi connectivity index (χ4n) is 11.5. The molecule has 8 atom stereocenters. The van der Waals surface area contributed by atoms with E-state index in [-0.39, 0.29) is 73.2 Å². The summed E-state index contributed by atoms with van der Waals surface area (Å²) in [6.45, 7) is 2.06. The number of pyridine rings is 2. The molecule has 4 aromatic rings. The van der Waals surface area contributed by atoms with Crippen molar-refractivity contribution in [2.45, 2.75) is 175 Å². The first-order valence-electron chi connectivity index (χ1n) is 26.2. The number of aromatic nitrogens is 2. The first-order valence-corrected chi connectivity index (χ1v) is 26.2. The molecular formula is C56H72N6O8. The lowest BCUT2D eigenvalue weighted by molar-refractivity contribution is -0.128. The number of amides is 2. The van der Waals surface area contributed by atoms with Crippen LogP contribution in [0.5, 0.6) is 11.8 Å². The monoisotopic (exact) mass is 957 g/mol. The van der Waals surface area contributed by atoms with Crippen LogP contribution >= 0.6 is 0 Å². The minimum absolute atomic E-state index is 0.0825. The van der Waals surface area contributed by atoms with Crippen molar-refractivity contribution in [3.05, 3.63) is 119 Å². The first-order chi connectivity index (χ1) is 34.2. The van der Waals surface area contributed by atoms with Crippen molar-refractivity contribution in [2.75, 3.05) is 26.3 Å². The van der Waals surface area contributed by atoms with E-state index in [2.05, 4.69) is 33.4 Å². The van der Waals surface area contributed by atoms with Crippen LogP contribution < -0.4 is 30.7 Å². The number of rotatable bonds is 21. The fourth-order valence-corrected chi connectivity index (χ4v) is 11.5. The Labute approximate surface area is 412 Å². The average Bonchev–Trinajstić information content (AvgIpc) is 4.08. The fraction of sp³-hybridized carbons (Fsp3) is 0.571. The molecule has 0 bridgehead atoms. The molecule has 70 heavy (non-hydrogen) atoms. The highest BCUT2D eigenvalue weighted by atomic mass is 16.5. The second-order valence-electron chi connectivity index (χ2n) is 21.1. The van der Waals surface area contributed by atoms with Crippen LogP contribution in [-0.2, 0) is 44.7 Å². The topological polar surface area (TPSA) is 185 Å². The number of aliphatic hydroxyl groups excluding tert-OH is 2. The summed E-state index contributed by atoms with van der Waals surface area (Å²) < 4.78 is 24.9. The van der Waals surface area contributed by atoms with E-state index in [0.29, 0.717) is 24.6 Å². The van der Waals surface area contributed by atoms with Crippen molar-refractivity contribution in [3.63, 3.8) is 0 Å². The molecule has 2 amide bonds. The summed E-state index contributed by atoms with van der Waals surface area (Å²) >= 11 is 0. The number of aliphatic hydroxyl groups is 2. The van der Waals surface area contributed by atoms with Crippen molar-refractivity contribution >= 4 is 11.8 Å². The number of benzene rings is 2. The number of carbonyl (C=O) groups is 2. The zero-order chi connectivity index (χ0) is 47.9. The van der Waals surface area contributed by atoms with Crippen molar-refractivity contribution in [1.82, 2.24) is 31.2 Å². The molecule has 14 heteroatoms. The maximum atomic E-state index is 13.8. The number of hydrogen-bond donors (Lipinski definition) is 6. The minimum atomic E-state index is -0.937. The quantitative estimate of drug-likeness (QED) is 0.0553. The number of carbonyl (C=O) groups excluding carboxylic acids is 2. The molecule has 0 unspecified atom stereocenters. The Morgan fingerprint density at radius 3 is 1.40 bits per heavy atom.